The number of benzene rings is 1. The molecule has 2 atom stereocenters. The molecule has 6 nitrogen and oxygen atoms in total. The number of fused-ring (bicyclic) bond motifs is 1. The highest BCUT2D eigenvalue weighted by atomic mass is 32.2. The van der Waals surface area contributed by atoms with E-state index >= 15 is 0 Å². The van der Waals surface area contributed by atoms with Crippen LogP contribution in [0.1, 0.15) is 6.92 Å². The Bertz CT molecular complexity index is 640. The van der Waals surface area contributed by atoms with Crippen LogP contribution in [0.4, 0.5) is 16.2 Å². The minimum absolute atomic E-state index is 0.0881. The molecule has 8 heteroatoms. The number of amides is 2. The molecule has 0 spiro atoms. The van der Waals surface area contributed by atoms with Crippen LogP contribution in [0.2, 0.25) is 0 Å². The topological polar surface area (TPSA) is 59.1 Å². The Labute approximate surface area is 143 Å². The van der Waals surface area contributed by atoms with E-state index in [2.05, 4.69) is 0 Å². The third-order valence-electron chi connectivity index (χ3n) is 3.84. The molecular weight excluding hydrogens is 336 g/mol. The van der Waals surface area contributed by atoms with E-state index in [1.165, 1.54) is 23.8 Å². The number of anilines is 2. The molecule has 0 N–H and O–H groups in total. The van der Waals surface area contributed by atoms with Gasteiger partial charge in [-0.3, -0.25) is 9.69 Å². The number of carbonyl (C=O) groups excluding carboxylic acids is 2. The van der Waals surface area contributed by atoms with E-state index in [1.54, 1.807) is 16.8 Å². The zero-order valence-corrected chi connectivity index (χ0v) is 14.8. The predicted octanol–water partition coefficient (Wildman–Crippen LogP) is 2.76. The molecule has 2 aliphatic rings. The van der Waals surface area contributed by atoms with Crippen molar-refractivity contribution in [3.63, 3.8) is 0 Å². The molecule has 23 heavy (non-hydrogen) atoms. The molecule has 1 saturated heterocycles. The van der Waals surface area contributed by atoms with Crippen molar-refractivity contribution in [2.24, 2.45) is 0 Å². The highest BCUT2D eigenvalue weighted by Crippen LogP contribution is 2.41. The van der Waals surface area contributed by atoms with Crippen LogP contribution in [0, 0.1) is 0 Å². The number of cyclic esters (lactones) is 1. The Morgan fingerprint density at radius 2 is 2.22 bits per heavy atom. The van der Waals surface area contributed by atoms with Gasteiger partial charge in [-0.15, -0.1) is 11.8 Å². The zero-order valence-electron chi connectivity index (χ0n) is 13.1. The van der Waals surface area contributed by atoms with E-state index < -0.39 is 0 Å². The molecule has 0 bridgehead atoms. The maximum atomic E-state index is 12.1. The molecule has 0 saturated carbocycles. The largest absolute Gasteiger partial charge is 0.441 e. The summed E-state index contributed by atoms with van der Waals surface area (Å²) in [5.74, 6) is 0.0881. The second-order valence-electron chi connectivity index (χ2n) is 5.38. The Balaban J connectivity index is 1.81. The van der Waals surface area contributed by atoms with E-state index in [-0.39, 0.29) is 23.4 Å². The number of rotatable bonds is 4. The highest BCUT2D eigenvalue weighted by molar-refractivity contribution is 8.01. The Hall–Kier alpha value is -1.38. The van der Waals surface area contributed by atoms with Crippen molar-refractivity contribution in [1.82, 2.24) is 0 Å². The van der Waals surface area contributed by atoms with Gasteiger partial charge in [0.2, 0.25) is 5.91 Å². The summed E-state index contributed by atoms with van der Waals surface area (Å²) in [6.07, 6.45) is 1.20. The SMILES string of the molecule is CSOCC1CN(c2ccc3c(c2)SC(C)C(=O)N3C)C(=O)O1. The standard InChI is InChI=1S/C15H18N2O4S2/c1-9-14(18)16(2)12-5-4-10(6-13(12)23-9)17-7-11(8-20-22-3)21-15(17)19/h4-6,9,11H,7-8H2,1-3H3. The normalized spacial score (nSPS) is 24.0. The highest BCUT2D eigenvalue weighted by Gasteiger charge is 2.34. The fourth-order valence-electron chi connectivity index (χ4n) is 2.64. The van der Waals surface area contributed by atoms with Gasteiger partial charge in [0, 0.05) is 23.9 Å². The van der Waals surface area contributed by atoms with Crippen LogP contribution in [0.15, 0.2) is 23.1 Å². The maximum Gasteiger partial charge on any atom is 0.414 e. The van der Waals surface area contributed by atoms with Gasteiger partial charge in [0.05, 0.1) is 17.5 Å². The van der Waals surface area contributed by atoms with Crippen molar-refractivity contribution in [2.45, 2.75) is 23.2 Å². The van der Waals surface area contributed by atoms with E-state index in [1.807, 2.05) is 31.4 Å². The lowest BCUT2D eigenvalue weighted by atomic mass is 10.2. The molecule has 1 aromatic carbocycles. The van der Waals surface area contributed by atoms with Crippen LogP contribution in [0.3, 0.4) is 0 Å². The van der Waals surface area contributed by atoms with Crippen molar-refractivity contribution < 1.29 is 18.5 Å². The summed E-state index contributed by atoms with van der Waals surface area (Å²) in [4.78, 5) is 28.4. The second-order valence-corrected chi connectivity index (χ2v) is 7.33. The van der Waals surface area contributed by atoms with E-state index in [0.717, 1.165) is 16.3 Å². The molecule has 0 aromatic heterocycles. The lowest BCUT2D eigenvalue weighted by Crippen LogP contribution is -2.36. The Morgan fingerprint density at radius 1 is 1.43 bits per heavy atom. The van der Waals surface area contributed by atoms with Gasteiger partial charge in [-0.1, -0.05) is 0 Å². The molecule has 2 amide bonds. The van der Waals surface area contributed by atoms with Gasteiger partial charge in [0.25, 0.3) is 0 Å². The van der Waals surface area contributed by atoms with Crippen molar-refractivity contribution >= 4 is 47.2 Å². The van der Waals surface area contributed by atoms with E-state index in [4.69, 9.17) is 8.92 Å². The van der Waals surface area contributed by atoms with Gasteiger partial charge in [-0.25, -0.2) is 4.79 Å². The first kappa shape index (κ1) is 16.5. The fourth-order valence-corrected chi connectivity index (χ4v) is 4.08. The fraction of sp³-hybridized carbons (Fsp3) is 0.467. The number of ether oxygens (including phenoxy) is 1. The Kier molecular flexibility index (Phi) is 4.74. The first-order chi connectivity index (χ1) is 11.0. The molecule has 3 rings (SSSR count). The summed E-state index contributed by atoms with van der Waals surface area (Å²) in [6, 6.07) is 5.66. The van der Waals surface area contributed by atoms with Gasteiger partial charge in [0.1, 0.15) is 12.7 Å². The van der Waals surface area contributed by atoms with Crippen LogP contribution >= 0.6 is 23.8 Å². The summed E-state index contributed by atoms with van der Waals surface area (Å²) >= 11 is 2.77. The molecule has 1 aromatic rings. The molecular formula is C15H18N2O4S2. The van der Waals surface area contributed by atoms with Crippen molar-refractivity contribution in [2.75, 3.05) is 36.3 Å². The van der Waals surface area contributed by atoms with Crippen LogP contribution < -0.4 is 9.80 Å². The molecule has 2 aliphatic heterocycles. The average Bonchev–Trinajstić information content (AvgIpc) is 2.91. The molecule has 1 fully saturated rings. The van der Waals surface area contributed by atoms with Crippen molar-refractivity contribution in [3.05, 3.63) is 18.2 Å². The van der Waals surface area contributed by atoms with Crippen LogP contribution in [-0.2, 0) is 13.7 Å². The molecule has 0 radical (unpaired) electrons. The van der Waals surface area contributed by atoms with Gasteiger partial charge >= 0.3 is 6.09 Å². The van der Waals surface area contributed by atoms with E-state index in [9.17, 15) is 9.59 Å². The minimum Gasteiger partial charge on any atom is -0.441 e. The van der Waals surface area contributed by atoms with Crippen molar-refractivity contribution in [3.8, 4) is 0 Å². The lowest BCUT2D eigenvalue weighted by Gasteiger charge is -2.30. The monoisotopic (exact) mass is 354 g/mol. The smallest absolute Gasteiger partial charge is 0.414 e. The van der Waals surface area contributed by atoms with Crippen LogP contribution in [0.25, 0.3) is 0 Å². The van der Waals surface area contributed by atoms with Gasteiger partial charge in [-0.2, -0.15) is 0 Å². The molecule has 2 unspecified atom stereocenters. The summed E-state index contributed by atoms with van der Waals surface area (Å²) in [5, 5.41) is -0.129. The number of thioether (sulfide) groups is 1. The zero-order chi connectivity index (χ0) is 16.6. The number of hydrogen-bond acceptors (Lipinski definition) is 6. The third-order valence-corrected chi connectivity index (χ3v) is 5.35. The van der Waals surface area contributed by atoms with Crippen LogP contribution in [0.5, 0.6) is 0 Å². The van der Waals surface area contributed by atoms with Gasteiger partial charge in [-0.05, 0) is 37.2 Å². The van der Waals surface area contributed by atoms with Crippen molar-refractivity contribution in [1.29, 1.82) is 0 Å². The summed E-state index contributed by atoms with van der Waals surface area (Å²) in [6.45, 7) is 2.73. The number of hydrogen-bond donors (Lipinski definition) is 0. The van der Waals surface area contributed by atoms with Gasteiger partial charge in [0.15, 0.2) is 0 Å². The first-order valence-electron chi connectivity index (χ1n) is 7.23. The van der Waals surface area contributed by atoms with Crippen LogP contribution in [-0.4, -0.2) is 49.8 Å². The molecule has 2 heterocycles. The van der Waals surface area contributed by atoms with E-state index in [0.29, 0.717) is 13.2 Å². The Morgan fingerprint density at radius 3 is 2.96 bits per heavy atom. The average molecular weight is 354 g/mol. The quantitative estimate of drug-likeness (QED) is 0.775. The predicted molar refractivity (Wildman–Crippen MR) is 92.3 cm³/mol. The maximum absolute atomic E-state index is 12.1. The third kappa shape index (κ3) is 3.15. The number of nitrogens with zero attached hydrogens (tertiary/aromatic N) is 2. The molecule has 124 valence electrons. The van der Waals surface area contributed by atoms with Gasteiger partial charge < -0.3 is 13.8 Å². The second kappa shape index (κ2) is 6.62. The summed E-state index contributed by atoms with van der Waals surface area (Å²) in [7, 11) is 1.77. The number of carbonyl (C=O) groups is 2. The first-order valence-corrected chi connectivity index (χ1v) is 9.26. The lowest BCUT2D eigenvalue weighted by molar-refractivity contribution is -0.117. The molecule has 0 aliphatic carbocycles. The minimum atomic E-state index is -0.363. The summed E-state index contributed by atoms with van der Waals surface area (Å²) < 4.78 is 10.6. The summed E-state index contributed by atoms with van der Waals surface area (Å²) in [5.41, 5.74) is 1.65.